The van der Waals surface area contributed by atoms with E-state index >= 15 is 0 Å². The molecule has 32 heavy (non-hydrogen) atoms. The van der Waals surface area contributed by atoms with Crippen LogP contribution >= 0.6 is 0 Å². The van der Waals surface area contributed by atoms with E-state index in [1.807, 2.05) is 43.3 Å². The third-order valence-corrected chi connectivity index (χ3v) is 5.55. The van der Waals surface area contributed by atoms with Gasteiger partial charge in [0.25, 0.3) is 11.7 Å². The van der Waals surface area contributed by atoms with Crippen LogP contribution in [0.2, 0.25) is 0 Å². The van der Waals surface area contributed by atoms with E-state index in [4.69, 9.17) is 9.47 Å². The fourth-order valence-electron chi connectivity index (χ4n) is 3.81. The molecule has 3 rings (SSSR count). The molecule has 1 amide bonds. The number of aliphatic hydroxyl groups is 1. The zero-order valence-corrected chi connectivity index (χ0v) is 19.0. The number of ether oxygens (including phenoxy) is 2. The quantitative estimate of drug-likeness (QED) is 0.254. The molecule has 6 nitrogen and oxygen atoms in total. The summed E-state index contributed by atoms with van der Waals surface area (Å²) in [6.45, 7) is 5.45. The summed E-state index contributed by atoms with van der Waals surface area (Å²) in [6.07, 6.45) is 2.54. The Morgan fingerprint density at radius 2 is 1.81 bits per heavy atom. The minimum atomic E-state index is -0.692. The van der Waals surface area contributed by atoms with Crippen molar-refractivity contribution in [2.75, 3.05) is 26.9 Å². The Morgan fingerprint density at radius 3 is 2.50 bits per heavy atom. The van der Waals surface area contributed by atoms with Crippen LogP contribution in [0.5, 0.6) is 5.75 Å². The molecule has 6 heteroatoms. The summed E-state index contributed by atoms with van der Waals surface area (Å²) in [7, 11) is 1.60. The fourth-order valence-corrected chi connectivity index (χ4v) is 3.81. The second kappa shape index (κ2) is 11.0. The third-order valence-electron chi connectivity index (χ3n) is 5.55. The minimum Gasteiger partial charge on any atom is -0.507 e. The molecular weight excluding hydrogens is 406 g/mol. The second-order valence-electron chi connectivity index (χ2n) is 7.98. The van der Waals surface area contributed by atoms with Gasteiger partial charge >= 0.3 is 0 Å². The van der Waals surface area contributed by atoms with Gasteiger partial charge in [-0.15, -0.1) is 0 Å². The SMILES string of the molecule is CCCCOc1cccc(C2/C(=C(\O)c3ccc(C)cc3)C(=O)C(=O)N2CCCOC)c1. The first-order chi connectivity index (χ1) is 15.5. The first-order valence-electron chi connectivity index (χ1n) is 11.0. The number of likely N-dealkylation sites (tertiary alicyclic amines) is 1. The number of methoxy groups -OCH3 is 1. The Hall–Kier alpha value is -3.12. The van der Waals surface area contributed by atoms with E-state index in [0.29, 0.717) is 37.5 Å². The largest absolute Gasteiger partial charge is 0.507 e. The molecule has 170 valence electrons. The Labute approximate surface area is 189 Å². The normalized spacial score (nSPS) is 17.7. The standard InChI is InChI=1S/C26H31NO5/c1-4-5-16-32-21-9-6-8-20(17-21)23-22(24(28)19-12-10-18(2)11-13-19)25(29)26(30)27(23)14-7-15-31-3/h6,8-13,17,23,28H,4-5,7,14-16H2,1-3H3/b24-22+. The smallest absolute Gasteiger partial charge is 0.295 e. The number of rotatable bonds is 10. The molecule has 0 spiro atoms. The van der Waals surface area contributed by atoms with E-state index < -0.39 is 17.7 Å². The van der Waals surface area contributed by atoms with Crippen molar-refractivity contribution in [2.45, 2.75) is 39.2 Å². The van der Waals surface area contributed by atoms with Gasteiger partial charge in [-0.2, -0.15) is 0 Å². The Kier molecular flexibility index (Phi) is 8.06. The molecule has 0 bridgehead atoms. The zero-order valence-electron chi connectivity index (χ0n) is 19.0. The number of unbranched alkanes of at least 4 members (excludes halogenated alkanes) is 1. The summed E-state index contributed by atoms with van der Waals surface area (Å²) < 4.78 is 11.0. The van der Waals surface area contributed by atoms with Crippen molar-refractivity contribution in [3.63, 3.8) is 0 Å². The first kappa shape index (κ1) is 23.5. The number of aliphatic hydroxyl groups excluding tert-OH is 1. The van der Waals surface area contributed by atoms with Crippen LogP contribution in [0.15, 0.2) is 54.1 Å². The predicted molar refractivity (Wildman–Crippen MR) is 124 cm³/mol. The number of nitrogens with zero attached hydrogens (tertiary/aromatic N) is 1. The van der Waals surface area contributed by atoms with Gasteiger partial charge in [0, 0.05) is 25.8 Å². The average molecular weight is 438 g/mol. The molecule has 1 saturated heterocycles. The molecule has 0 saturated carbocycles. The zero-order chi connectivity index (χ0) is 23.1. The first-order valence-corrected chi connectivity index (χ1v) is 11.0. The van der Waals surface area contributed by atoms with E-state index in [9.17, 15) is 14.7 Å². The number of carbonyl (C=O) groups is 2. The van der Waals surface area contributed by atoms with Crippen LogP contribution in [-0.2, 0) is 14.3 Å². The van der Waals surface area contributed by atoms with Gasteiger partial charge in [0.1, 0.15) is 11.5 Å². The Balaban J connectivity index is 2.05. The maximum Gasteiger partial charge on any atom is 0.295 e. The van der Waals surface area contributed by atoms with E-state index in [1.54, 1.807) is 19.2 Å². The van der Waals surface area contributed by atoms with E-state index in [0.717, 1.165) is 24.0 Å². The number of aryl methyl sites for hydroxylation is 1. The Bertz CT molecular complexity index is 980. The lowest BCUT2D eigenvalue weighted by molar-refractivity contribution is -0.140. The fraction of sp³-hybridized carbons (Fsp3) is 0.385. The Morgan fingerprint density at radius 1 is 1.06 bits per heavy atom. The van der Waals surface area contributed by atoms with Crippen molar-refractivity contribution in [3.8, 4) is 5.75 Å². The highest BCUT2D eigenvalue weighted by atomic mass is 16.5. The molecule has 2 aromatic carbocycles. The van der Waals surface area contributed by atoms with Gasteiger partial charge in [0.15, 0.2) is 0 Å². The van der Waals surface area contributed by atoms with E-state index in [-0.39, 0.29) is 11.3 Å². The molecule has 1 fully saturated rings. The molecule has 2 aromatic rings. The van der Waals surface area contributed by atoms with Gasteiger partial charge in [0.05, 0.1) is 18.2 Å². The lowest BCUT2D eigenvalue weighted by Gasteiger charge is -2.25. The summed E-state index contributed by atoms with van der Waals surface area (Å²) >= 11 is 0. The van der Waals surface area contributed by atoms with Gasteiger partial charge < -0.3 is 19.5 Å². The van der Waals surface area contributed by atoms with Crippen LogP contribution in [0.4, 0.5) is 0 Å². The lowest BCUT2D eigenvalue weighted by Crippen LogP contribution is -2.31. The monoisotopic (exact) mass is 437 g/mol. The lowest BCUT2D eigenvalue weighted by atomic mass is 9.95. The molecule has 1 N–H and O–H groups in total. The van der Waals surface area contributed by atoms with Crippen LogP contribution in [0.3, 0.4) is 0 Å². The average Bonchev–Trinajstić information content (AvgIpc) is 3.05. The number of Topliss-reactive ketones (excluding diaryl/α,β-unsaturated/α-hetero) is 1. The number of ketones is 1. The van der Waals surface area contributed by atoms with Crippen molar-refractivity contribution >= 4 is 17.4 Å². The van der Waals surface area contributed by atoms with Gasteiger partial charge in [-0.05, 0) is 37.5 Å². The second-order valence-corrected chi connectivity index (χ2v) is 7.98. The van der Waals surface area contributed by atoms with Crippen molar-refractivity contribution in [2.24, 2.45) is 0 Å². The maximum atomic E-state index is 13.0. The molecular formula is C26H31NO5. The summed E-state index contributed by atoms with van der Waals surface area (Å²) in [5.41, 5.74) is 2.37. The van der Waals surface area contributed by atoms with Crippen molar-refractivity contribution in [1.82, 2.24) is 4.90 Å². The molecule has 1 aliphatic heterocycles. The van der Waals surface area contributed by atoms with E-state index in [2.05, 4.69) is 6.92 Å². The number of hydrogen-bond donors (Lipinski definition) is 1. The van der Waals surface area contributed by atoms with Crippen LogP contribution in [0, 0.1) is 6.92 Å². The van der Waals surface area contributed by atoms with Crippen LogP contribution in [0.1, 0.15) is 48.9 Å². The molecule has 0 aromatic heterocycles. The number of amides is 1. The van der Waals surface area contributed by atoms with Crippen LogP contribution < -0.4 is 4.74 Å². The third kappa shape index (κ3) is 5.19. The highest BCUT2D eigenvalue weighted by Gasteiger charge is 2.45. The summed E-state index contributed by atoms with van der Waals surface area (Å²) in [4.78, 5) is 27.5. The molecule has 1 aliphatic rings. The molecule has 0 aliphatic carbocycles. The molecule has 1 unspecified atom stereocenters. The van der Waals surface area contributed by atoms with Crippen LogP contribution in [0.25, 0.3) is 5.76 Å². The van der Waals surface area contributed by atoms with Gasteiger partial charge in [0.2, 0.25) is 0 Å². The van der Waals surface area contributed by atoms with Crippen LogP contribution in [-0.4, -0.2) is 48.6 Å². The van der Waals surface area contributed by atoms with Crippen molar-refractivity contribution in [1.29, 1.82) is 0 Å². The number of carbonyl (C=O) groups excluding carboxylic acids is 2. The predicted octanol–water partition coefficient (Wildman–Crippen LogP) is 4.63. The van der Waals surface area contributed by atoms with Gasteiger partial charge in [-0.3, -0.25) is 9.59 Å². The molecule has 0 radical (unpaired) electrons. The summed E-state index contributed by atoms with van der Waals surface area (Å²) in [5, 5.41) is 11.1. The summed E-state index contributed by atoms with van der Waals surface area (Å²) in [5.74, 6) is -0.784. The van der Waals surface area contributed by atoms with Gasteiger partial charge in [-0.25, -0.2) is 0 Å². The molecule has 1 heterocycles. The van der Waals surface area contributed by atoms with Gasteiger partial charge in [-0.1, -0.05) is 55.3 Å². The highest BCUT2D eigenvalue weighted by Crippen LogP contribution is 2.40. The summed E-state index contributed by atoms with van der Waals surface area (Å²) in [6, 6.07) is 13.9. The number of benzene rings is 2. The maximum absolute atomic E-state index is 13.0. The minimum absolute atomic E-state index is 0.0991. The number of hydrogen-bond acceptors (Lipinski definition) is 5. The van der Waals surface area contributed by atoms with E-state index in [1.165, 1.54) is 4.90 Å². The van der Waals surface area contributed by atoms with Crippen molar-refractivity contribution < 1.29 is 24.2 Å². The topological polar surface area (TPSA) is 76.1 Å². The highest BCUT2D eigenvalue weighted by molar-refractivity contribution is 6.46. The molecule has 1 atom stereocenters. The van der Waals surface area contributed by atoms with Crippen molar-refractivity contribution in [3.05, 3.63) is 70.8 Å².